The van der Waals surface area contributed by atoms with Crippen LogP contribution in [0.15, 0.2) is 53.0 Å². The SMILES string of the molecule is O=C(Cn1cccc(C(F)(F)F)c1=O)N1CCC(c2nc(-c3ccncc3)cs2)CC1. The van der Waals surface area contributed by atoms with Gasteiger partial charge in [0.15, 0.2) is 0 Å². The van der Waals surface area contributed by atoms with E-state index >= 15 is 0 Å². The molecule has 0 unspecified atom stereocenters. The average Bonchev–Trinajstić information content (AvgIpc) is 3.25. The van der Waals surface area contributed by atoms with Crippen molar-refractivity contribution in [1.29, 1.82) is 0 Å². The molecule has 0 bridgehead atoms. The maximum Gasteiger partial charge on any atom is 0.421 e. The fourth-order valence-electron chi connectivity index (χ4n) is 3.63. The minimum atomic E-state index is -4.75. The number of carbonyl (C=O) groups is 1. The Morgan fingerprint density at radius 2 is 1.87 bits per heavy atom. The van der Waals surface area contributed by atoms with Crippen LogP contribution in [0.5, 0.6) is 0 Å². The Morgan fingerprint density at radius 3 is 2.55 bits per heavy atom. The molecule has 6 nitrogen and oxygen atoms in total. The van der Waals surface area contributed by atoms with Gasteiger partial charge in [-0.2, -0.15) is 13.2 Å². The van der Waals surface area contributed by atoms with Crippen molar-refractivity contribution in [2.45, 2.75) is 31.5 Å². The standard InChI is InChI=1S/C21H19F3N4O2S/c22-21(23,24)16-2-1-9-28(20(16)30)12-18(29)27-10-5-15(6-11-27)19-26-17(13-31-19)14-3-7-25-8-4-14/h1-4,7-9,13,15H,5-6,10-12H2. The molecule has 0 radical (unpaired) electrons. The lowest BCUT2D eigenvalue weighted by atomic mass is 9.97. The van der Waals surface area contributed by atoms with Crippen LogP contribution < -0.4 is 5.56 Å². The Labute approximate surface area is 180 Å². The van der Waals surface area contributed by atoms with E-state index in [1.54, 1.807) is 28.6 Å². The lowest BCUT2D eigenvalue weighted by molar-refractivity contribution is -0.139. The number of thiazole rings is 1. The van der Waals surface area contributed by atoms with Crippen LogP contribution in [0.4, 0.5) is 13.2 Å². The van der Waals surface area contributed by atoms with Gasteiger partial charge in [-0.15, -0.1) is 11.3 Å². The summed E-state index contributed by atoms with van der Waals surface area (Å²) < 4.78 is 39.6. The van der Waals surface area contributed by atoms with Crippen LogP contribution in [0, 0.1) is 0 Å². The minimum absolute atomic E-state index is 0.223. The average molecular weight is 448 g/mol. The van der Waals surface area contributed by atoms with E-state index in [1.807, 2.05) is 17.5 Å². The number of nitrogens with zero attached hydrogens (tertiary/aromatic N) is 4. The molecule has 4 rings (SSSR count). The van der Waals surface area contributed by atoms with Gasteiger partial charge in [-0.3, -0.25) is 14.6 Å². The number of alkyl halides is 3. The second-order valence-electron chi connectivity index (χ2n) is 7.31. The van der Waals surface area contributed by atoms with Crippen molar-refractivity contribution in [2.75, 3.05) is 13.1 Å². The zero-order valence-corrected chi connectivity index (χ0v) is 17.2. The number of hydrogen-bond acceptors (Lipinski definition) is 5. The fraction of sp³-hybridized carbons (Fsp3) is 0.333. The van der Waals surface area contributed by atoms with Crippen LogP contribution in [0.2, 0.25) is 0 Å². The first-order chi connectivity index (χ1) is 14.8. The molecule has 0 aromatic carbocycles. The van der Waals surface area contributed by atoms with E-state index in [2.05, 4.69) is 4.98 Å². The van der Waals surface area contributed by atoms with E-state index in [0.717, 1.165) is 33.0 Å². The van der Waals surface area contributed by atoms with Crippen molar-refractivity contribution >= 4 is 17.2 Å². The molecule has 1 saturated heterocycles. The number of aromatic nitrogens is 3. The van der Waals surface area contributed by atoms with Crippen LogP contribution in [0.25, 0.3) is 11.3 Å². The summed E-state index contributed by atoms with van der Waals surface area (Å²) >= 11 is 1.58. The molecular weight excluding hydrogens is 429 g/mol. The molecule has 162 valence electrons. The predicted molar refractivity (Wildman–Crippen MR) is 110 cm³/mol. The molecule has 1 amide bonds. The van der Waals surface area contributed by atoms with E-state index in [4.69, 9.17) is 4.98 Å². The van der Waals surface area contributed by atoms with Crippen LogP contribution in [-0.2, 0) is 17.5 Å². The summed E-state index contributed by atoms with van der Waals surface area (Å²) in [6.45, 7) is 0.541. The Morgan fingerprint density at radius 1 is 1.16 bits per heavy atom. The van der Waals surface area contributed by atoms with Gasteiger partial charge in [0, 0.05) is 48.5 Å². The number of rotatable bonds is 4. The zero-order valence-electron chi connectivity index (χ0n) is 16.4. The normalized spacial score (nSPS) is 15.3. The van der Waals surface area contributed by atoms with Crippen LogP contribution in [-0.4, -0.2) is 38.4 Å². The number of likely N-dealkylation sites (tertiary alicyclic amines) is 1. The first-order valence-corrected chi connectivity index (χ1v) is 10.6. The summed E-state index contributed by atoms with van der Waals surface area (Å²) in [5.74, 6) is -0.141. The molecule has 3 aromatic heterocycles. The first-order valence-electron chi connectivity index (χ1n) is 9.73. The number of carbonyl (C=O) groups excluding carboxylic acids is 1. The largest absolute Gasteiger partial charge is 0.421 e. The molecule has 31 heavy (non-hydrogen) atoms. The van der Waals surface area contributed by atoms with Crippen molar-refractivity contribution in [1.82, 2.24) is 19.4 Å². The summed E-state index contributed by atoms with van der Waals surface area (Å²) in [5.41, 5.74) is -0.582. The van der Waals surface area contributed by atoms with Crippen molar-refractivity contribution < 1.29 is 18.0 Å². The van der Waals surface area contributed by atoms with Crippen LogP contribution in [0.3, 0.4) is 0 Å². The molecule has 4 heterocycles. The molecule has 3 aromatic rings. The maximum atomic E-state index is 12.9. The number of halogens is 3. The van der Waals surface area contributed by atoms with Crippen molar-refractivity contribution in [3.63, 3.8) is 0 Å². The second-order valence-corrected chi connectivity index (χ2v) is 8.20. The predicted octanol–water partition coefficient (Wildman–Crippen LogP) is 3.79. The maximum absolute atomic E-state index is 12.9. The number of piperidine rings is 1. The highest BCUT2D eigenvalue weighted by Gasteiger charge is 2.34. The highest BCUT2D eigenvalue weighted by atomic mass is 32.1. The number of hydrogen-bond donors (Lipinski definition) is 0. The highest BCUT2D eigenvalue weighted by Crippen LogP contribution is 2.33. The van der Waals surface area contributed by atoms with E-state index < -0.39 is 23.8 Å². The molecule has 0 spiro atoms. The molecule has 1 fully saturated rings. The molecular formula is C21H19F3N4O2S. The third-order valence-electron chi connectivity index (χ3n) is 5.33. The molecule has 0 atom stereocenters. The van der Waals surface area contributed by atoms with Gasteiger partial charge in [-0.25, -0.2) is 4.98 Å². The Bertz CT molecular complexity index is 1120. The van der Waals surface area contributed by atoms with Gasteiger partial charge in [0.25, 0.3) is 5.56 Å². The van der Waals surface area contributed by atoms with Gasteiger partial charge in [-0.05, 0) is 37.1 Å². The monoisotopic (exact) mass is 448 g/mol. The summed E-state index contributed by atoms with van der Waals surface area (Å²) in [6.07, 6.45) is 1.32. The Hall–Kier alpha value is -3.01. The number of pyridine rings is 2. The van der Waals surface area contributed by atoms with Crippen molar-refractivity contribution in [2.24, 2.45) is 0 Å². The summed E-state index contributed by atoms with van der Waals surface area (Å²) in [7, 11) is 0. The van der Waals surface area contributed by atoms with E-state index in [1.165, 1.54) is 6.20 Å². The third-order valence-corrected chi connectivity index (χ3v) is 6.33. The minimum Gasteiger partial charge on any atom is -0.341 e. The van der Waals surface area contributed by atoms with Gasteiger partial charge in [0.05, 0.1) is 10.7 Å². The van der Waals surface area contributed by atoms with Gasteiger partial charge in [0.1, 0.15) is 12.1 Å². The van der Waals surface area contributed by atoms with E-state index in [0.29, 0.717) is 25.9 Å². The molecule has 0 N–H and O–H groups in total. The molecule has 0 saturated carbocycles. The second kappa shape index (κ2) is 8.62. The number of amides is 1. The Kier molecular flexibility index (Phi) is 5.90. The Balaban J connectivity index is 1.38. The van der Waals surface area contributed by atoms with Crippen molar-refractivity contribution in [3.8, 4) is 11.3 Å². The topological polar surface area (TPSA) is 68.1 Å². The first kappa shape index (κ1) is 21.2. The molecule has 0 aliphatic carbocycles. The van der Waals surface area contributed by atoms with E-state index in [-0.39, 0.29) is 11.8 Å². The van der Waals surface area contributed by atoms with Gasteiger partial charge < -0.3 is 9.47 Å². The lowest BCUT2D eigenvalue weighted by Crippen LogP contribution is -2.41. The summed E-state index contributed by atoms with van der Waals surface area (Å²) in [6, 6.07) is 5.65. The molecule has 1 aliphatic rings. The third kappa shape index (κ3) is 4.68. The lowest BCUT2D eigenvalue weighted by Gasteiger charge is -2.31. The fourth-order valence-corrected chi connectivity index (χ4v) is 4.63. The summed E-state index contributed by atoms with van der Waals surface area (Å²) in [4.78, 5) is 35.0. The van der Waals surface area contributed by atoms with Gasteiger partial charge in [0.2, 0.25) is 5.91 Å². The van der Waals surface area contributed by atoms with Crippen molar-refractivity contribution in [3.05, 3.63) is 69.2 Å². The van der Waals surface area contributed by atoms with E-state index in [9.17, 15) is 22.8 Å². The smallest absolute Gasteiger partial charge is 0.341 e. The molecule has 10 heteroatoms. The van der Waals surface area contributed by atoms with Gasteiger partial charge in [-0.1, -0.05) is 0 Å². The van der Waals surface area contributed by atoms with Gasteiger partial charge >= 0.3 is 6.18 Å². The summed E-state index contributed by atoms with van der Waals surface area (Å²) in [5, 5.41) is 3.01. The zero-order chi connectivity index (χ0) is 22.0. The highest BCUT2D eigenvalue weighted by molar-refractivity contribution is 7.10. The quantitative estimate of drug-likeness (QED) is 0.609. The molecule has 1 aliphatic heterocycles. The van der Waals surface area contributed by atoms with Crippen LogP contribution >= 0.6 is 11.3 Å². The van der Waals surface area contributed by atoms with Crippen LogP contribution in [0.1, 0.15) is 29.3 Å².